The van der Waals surface area contributed by atoms with Gasteiger partial charge in [-0.05, 0) is 23.4 Å². The minimum Gasteiger partial charge on any atom is -0.339 e. The third-order valence-corrected chi connectivity index (χ3v) is 6.02. The molecule has 0 unspecified atom stereocenters. The van der Waals surface area contributed by atoms with E-state index in [1.807, 2.05) is 24.3 Å². The summed E-state index contributed by atoms with van der Waals surface area (Å²) in [5.41, 5.74) is 1.19. The molecular weight excluding hydrogens is 296 g/mol. The second-order valence-corrected chi connectivity index (χ2v) is 7.48. The molecule has 0 N–H and O–H groups in total. The minimum atomic E-state index is 0.0451. The summed E-state index contributed by atoms with van der Waals surface area (Å²) in [6, 6.07) is 12.1. The second-order valence-electron chi connectivity index (χ2n) is 4.03. The Morgan fingerprint density at radius 2 is 2.00 bits per heavy atom. The highest BCUT2D eigenvalue weighted by Gasteiger charge is 2.08. The van der Waals surface area contributed by atoms with Gasteiger partial charge in [0.1, 0.15) is 4.67 Å². The van der Waals surface area contributed by atoms with Gasteiger partial charge in [0.05, 0.1) is 10.8 Å². The number of hydrogen-bond donors (Lipinski definition) is 0. The third-order valence-electron chi connectivity index (χ3n) is 2.26. The largest absolute Gasteiger partial charge is 0.339 e. The zero-order valence-corrected chi connectivity index (χ0v) is 13.1. The van der Waals surface area contributed by atoms with Crippen LogP contribution in [-0.4, -0.2) is 24.2 Å². The second kappa shape index (κ2) is 6.88. The molecule has 0 aliphatic carbocycles. The molecule has 3 nitrogen and oxygen atoms in total. The summed E-state index contributed by atoms with van der Waals surface area (Å²) in [6.07, 6.45) is 0. The van der Waals surface area contributed by atoms with Crippen molar-refractivity contribution in [3.05, 3.63) is 46.6 Å². The van der Waals surface area contributed by atoms with E-state index in [9.17, 15) is 4.79 Å². The molecule has 0 aliphatic rings. The Kier molecular flexibility index (Phi) is 5.18. The number of benzene rings is 1. The first-order valence-electron chi connectivity index (χ1n) is 5.69. The number of carbonyl (C=O) groups is 1. The lowest BCUT2D eigenvalue weighted by atomic mass is 10.2. The average Bonchev–Trinajstić information content (AvgIpc) is 2.85. The van der Waals surface area contributed by atoms with Crippen LogP contribution >= 0.6 is 32.4 Å². The lowest BCUT2D eigenvalue weighted by molar-refractivity contribution is 0.241. The zero-order chi connectivity index (χ0) is 13.7. The van der Waals surface area contributed by atoms with Gasteiger partial charge in [-0.25, -0.2) is 0 Å². The van der Waals surface area contributed by atoms with Crippen molar-refractivity contribution in [2.24, 2.45) is 4.99 Å². The van der Waals surface area contributed by atoms with Gasteiger partial charge in [0.25, 0.3) is 5.24 Å². The van der Waals surface area contributed by atoms with E-state index >= 15 is 0 Å². The van der Waals surface area contributed by atoms with Gasteiger partial charge in [-0.1, -0.05) is 51.0 Å². The molecule has 0 bridgehead atoms. The summed E-state index contributed by atoms with van der Waals surface area (Å²) in [5.74, 6) is 0. The van der Waals surface area contributed by atoms with Crippen molar-refractivity contribution in [1.29, 1.82) is 0 Å². The molecule has 2 aromatic rings. The lowest BCUT2D eigenvalue weighted by Gasteiger charge is -2.06. The van der Waals surface area contributed by atoms with Gasteiger partial charge in [-0.2, -0.15) is 0 Å². The molecular formula is C13H14N2OS3. The van der Waals surface area contributed by atoms with Crippen LogP contribution in [0, 0.1) is 0 Å². The van der Waals surface area contributed by atoms with Crippen molar-refractivity contribution in [2.75, 3.05) is 14.1 Å². The molecule has 0 fully saturated rings. The molecule has 1 heterocycles. The van der Waals surface area contributed by atoms with Crippen LogP contribution in [0.5, 0.6) is 0 Å². The first-order valence-corrected chi connectivity index (χ1v) is 8.65. The molecule has 1 aromatic carbocycles. The molecule has 0 atom stereocenters. The van der Waals surface area contributed by atoms with E-state index in [-0.39, 0.29) is 5.24 Å². The summed E-state index contributed by atoms with van der Waals surface area (Å²) in [4.78, 5) is 17.7. The van der Waals surface area contributed by atoms with Gasteiger partial charge in [0.15, 0.2) is 0 Å². The number of carbonyl (C=O) groups excluding carboxylic acids is 1. The number of amides is 1. The molecule has 0 aliphatic heterocycles. The van der Waals surface area contributed by atoms with Crippen molar-refractivity contribution < 1.29 is 4.79 Å². The van der Waals surface area contributed by atoms with Crippen molar-refractivity contribution >= 4 is 37.7 Å². The predicted octanol–water partition coefficient (Wildman–Crippen LogP) is 3.68. The Morgan fingerprint density at radius 3 is 2.68 bits per heavy atom. The maximum absolute atomic E-state index is 11.6. The van der Waals surface area contributed by atoms with Crippen molar-refractivity contribution in [3.63, 3.8) is 0 Å². The highest BCUT2D eigenvalue weighted by atomic mass is 32.9. The topological polar surface area (TPSA) is 32.7 Å². The minimum absolute atomic E-state index is 0.0451. The summed E-state index contributed by atoms with van der Waals surface area (Å²) in [7, 11) is 6.71. The fourth-order valence-electron chi connectivity index (χ4n) is 1.28. The normalized spacial score (nSPS) is 11.6. The summed E-state index contributed by atoms with van der Waals surface area (Å²) >= 11 is 1.25. The van der Waals surface area contributed by atoms with Gasteiger partial charge < -0.3 is 4.90 Å². The van der Waals surface area contributed by atoms with E-state index in [0.29, 0.717) is 6.54 Å². The Balaban J connectivity index is 2.03. The van der Waals surface area contributed by atoms with Gasteiger partial charge in [-0.3, -0.25) is 9.79 Å². The molecule has 0 spiro atoms. The summed E-state index contributed by atoms with van der Waals surface area (Å²) in [5, 5.41) is 0.0451. The van der Waals surface area contributed by atoms with Crippen LogP contribution in [0.1, 0.15) is 5.56 Å². The number of hydrogen-bond acceptors (Lipinski definition) is 5. The van der Waals surface area contributed by atoms with E-state index < -0.39 is 0 Å². The molecule has 100 valence electrons. The number of nitrogens with zero attached hydrogens (tertiary/aromatic N) is 2. The van der Waals surface area contributed by atoms with Gasteiger partial charge in [-0.15, -0.1) is 0 Å². The molecule has 0 saturated heterocycles. The quantitative estimate of drug-likeness (QED) is 0.640. The molecule has 6 heteroatoms. The van der Waals surface area contributed by atoms with E-state index in [4.69, 9.17) is 0 Å². The number of thioether (sulfide) groups is 1. The van der Waals surface area contributed by atoms with Crippen LogP contribution in [0.25, 0.3) is 0 Å². The SMILES string of the molecule is CN(C)C(=O)Sc1c/c(=N\Cc2ccccc2)ss1. The Labute approximate surface area is 124 Å². The predicted molar refractivity (Wildman–Crippen MR) is 82.8 cm³/mol. The maximum atomic E-state index is 11.6. The average molecular weight is 310 g/mol. The van der Waals surface area contributed by atoms with E-state index in [1.54, 1.807) is 39.7 Å². The Hall–Kier alpha value is -1.11. The highest BCUT2D eigenvalue weighted by Crippen LogP contribution is 2.25. The standard InChI is InChI=1S/C13H14N2OS3/c1-15(2)13(16)17-12-8-11(18-19-12)14-9-10-6-4-3-5-7-10/h3-8H,9H2,1-2H3/b14-11+. The van der Waals surface area contributed by atoms with Gasteiger partial charge >= 0.3 is 0 Å². The van der Waals surface area contributed by atoms with E-state index in [2.05, 4.69) is 17.1 Å². The van der Waals surface area contributed by atoms with Gasteiger partial charge in [0.2, 0.25) is 0 Å². The zero-order valence-electron chi connectivity index (χ0n) is 10.7. The first-order chi connectivity index (χ1) is 9.15. The summed E-state index contributed by atoms with van der Waals surface area (Å²) in [6.45, 7) is 0.680. The van der Waals surface area contributed by atoms with Crippen LogP contribution in [0.4, 0.5) is 4.79 Å². The first kappa shape index (κ1) is 14.3. The van der Waals surface area contributed by atoms with E-state index in [0.717, 1.165) is 8.88 Å². The van der Waals surface area contributed by atoms with Crippen LogP contribution < -0.4 is 4.67 Å². The van der Waals surface area contributed by atoms with Crippen molar-refractivity contribution in [2.45, 2.75) is 10.8 Å². The highest BCUT2D eigenvalue weighted by molar-refractivity contribution is 8.15. The van der Waals surface area contributed by atoms with Crippen LogP contribution in [0.3, 0.4) is 0 Å². The third kappa shape index (κ3) is 4.49. The van der Waals surface area contributed by atoms with Crippen LogP contribution in [0.15, 0.2) is 45.6 Å². The smallest absolute Gasteiger partial charge is 0.286 e. The van der Waals surface area contributed by atoms with Crippen LogP contribution in [0.2, 0.25) is 0 Å². The Bertz CT molecular complexity index is 602. The Morgan fingerprint density at radius 1 is 1.26 bits per heavy atom. The number of rotatable bonds is 3. The van der Waals surface area contributed by atoms with Crippen molar-refractivity contribution in [1.82, 2.24) is 4.90 Å². The maximum Gasteiger partial charge on any atom is 0.286 e. The molecule has 0 radical (unpaired) electrons. The summed E-state index contributed by atoms with van der Waals surface area (Å²) < 4.78 is 1.97. The van der Waals surface area contributed by atoms with Crippen molar-refractivity contribution in [3.8, 4) is 0 Å². The fraction of sp³-hybridized carbons (Fsp3) is 0.231. The van der Waals surface area contributed by atoms with Gasteiger partial charge in [0, 0.05) is 14.1 Å². The lowest BCUT2D eigenvalue weighted by Crippen LogP contribution is -2.15. The monoisotopic (exact) mass is 310 g/mol. The molecule has 0 saturated carbocycles. The fourth-order valence-corrected chi connectivity index (χ4v) is 4.48. The molecule has 19 heavy (non-hydrogen) atoms. The molecule has 1 aromatic heterocycles. The molecule has 2 rings (SSSR count). The molecule has 1 amide bonds. The van der Waals surface area contributed by atoms with Crippen LogP contribution in [-0.2, 0) is 6.54 Å². The van der Waals surface area contributed by atoms with E-state index in [1.165, 1.54) is 17.3 Å².